The van der Waals surface area contributed by atoms with Crippen molar-refractivity contribution in [3.63, 3.8) is 0 Å². The standard InChI is InChI=1S/C18H21NO5S/c1-22-18(21)14(9-10-25-2)19-17(20)6-4-3-5-13-7-8-15-16(11-13)24-12-23-15/h3-8,11,14H,9-10,12H2,1-2H3,(H,19,20)/b5-3+,6-4+/t14-/m0/s1. The number of ether oxygens (including phenoxy) is 3. The zero-order valence-corrected chi connectivity index (χ0v) is 15.0. The molecular formula is C18H21NO5S. The minimum Gasteiger partial charge on any atom is -0.467 e. The number of benzene rings is 1. The van der Waals surface area contributed by atoms with Crippen LogP contribution in [0.15, 0.2) is 36.4 Å². The van der Waals surface area contributed by atoms with Crippen LogP contribution in [-0.4, -0.2) is 43.8 Å². The fraction of sp³-hybridized carbons (Fsp3) is 0.333. The third kappa shape index (κ3) is 5.86. The molecule has 0 unspecified atom stereocenters. The van der Waals surface area contributed by atoms with Gasteiger partial charge < -0.3 is 19.5 Å². The predicted molar refractivity (Wildman–Crippen MR) is 97.7 cm³/mol. The molecule has 1 aliphatic heterocycles. The van der Waals surface area contributed by atoms with Gasteiger partial charge in [0.15, 0.2) is 11.5 Å². The molecule has 2 rings (SSSR count). The van der Waals surface area contributed by atoms with E-state index in [9.17, 15) is 9.59 Å². The van der Waals surface area contributed by atoms with Crippen molar-refractivity contribution in [3.05, 3.63) is 42.0 Å². The highest BCUT2D eigenvalue weighted by atomic mass is 32.2. The lowest BCUT2D eigenvalue weighted by Crippen LogP contribution is -2.41. The normalized spacial score (nSPS) is 14.0. The highest BCUT2D eigenvalue weighted by molar-refractivity contribution is 7.98. The number of thioether (sulfide) groups is 1. The van der Waals surface area contributed by atoms with E-state index >= 15 is 0 Å². The van der Waals surface area contributed by atoms with Crippen LogP contribution in [0.2, 0.25) is 0 Å². The summed E-state index contributed by atoms with van der Waals surface area (Å²) in [6.07, 6.45) is 9.04. The number of hydrogen-bond donors (Lipinski definition) is 1. The molecule has 6 nitrogen and oxygen atoms in total. The smallest absolute Gasteiger partial charge is 0.328 e. The van der Waals surface area contributed by atoms with Crippen LogP contribution in [0.1, 0.15) is 12.0 Å². The number of hydrogen-bond acceptors (Lipinski definition) is 6. The maximum absolute atomic E-state index is 11.9. The first-order valence-electron chi connectivity index (χ1n) is 7.75. The Labute approximate surface area is 151 Å². The summed E-state index contributed by atoms with van der Waals surface area (Å²) in [6, 6.07) is 4.97. The number of nitrogens with one attached hydrogen (secondary N) is 1. The van der Waals surface area contributed by atoms with Crippen LogP contribution in [0.4, 0.5) is 0 Å². The molecule has 1 N–H and O–H groups in total. The highest BCUT2D eigenvalue weighted by Gasteiger charge is 2.19. The molecule has 0 aromatic heterocycles. The summed E-state index contributed by atoms with van der Waals surface area (Å²) in [5.41, 5.74) is 0.932. The first-order chi connectivity index (χ1) is 12.1. The molecule has 25 heavy (non-hydrogen) atoms. The van der Waals surface area contributed by atoms with E-state index in [1.165, 1.54) is 13.2 Å². The Bertz CT molecular complexity index is 671. The number of carbonyl (C=O) groups excluding carboxylic acids is 2. The Morgan fingerprint density at radius 2 is 2.12 bits per heavy atom. The van der Waals surface area contributed by atoms with E-state index in [0.29, 0.717) is 12.2 Å². The highest BCUT2D eigenvalue weighted by Crippen LogP contribution is 2.32. The second kappa shape index (κ2) is 9.78. The second-order valence-electron chi connectivity index (χ2n) is 5.20. The zero-order chi connectivity index (χ0) is 18.1. The lowest BCUT2D eigenvalue weighted by molar-refractivity contribution is -0.144. The lowest BCUT2D eigenvalue weighted by atomic mass is 10.2. The summed E-state index contributed by atoms with van der Waals surface area (Å²) in [6.45, 7) is 0.237. The zero-order valence-electron chi connectivity index (χ0n) is 14.2. The minimum atomic E-state index is -0.632. The Morgan fingerprint density at radius 3 is 2.88 bits per heavy atom. The summed E-state index contributed by atoms with van der Waals surface area (Å²) in [7, 11) is 1.31. The van der Waals surface area contributed by atoms with Crippen LogP contribution in [0.3, 0.4) is 0 Å². The number of methoxy groups -OCH3 is 1. The Kier molecular flexibility index (Phi) is 7.40. The molecule has 0 spiro atoms. The molecular weight excluding hydrogens is 342 g/mol. The van der Waals surface area contributed by atoms with E-state index in [4.69, 9.17) is 14.2 Å². The molecule has 0 aliphatic carbocycles. The van der Waals surface area contributed by atoms with E-state index in [0.717, 1.165) is 17.1 Å². The fourth-order valence-corrected chi connectivity index (χ4v) is 2.64. The number of allylic oxidation sites excluding steroid dienone is 2. The van der Waals surface area contributed by atoms with Crippen molar-refractivity contribution in [1.29, 1.82) is 0 Å². The summed E-state index contributed by atoms with van der Waals surface area (Å²) < 4.78 is 15.3. The summed E-state index contributed by atoms with van der Waals surface area (Å²) in [5.74, 6) is 1.41. The Hall–Kier alpha value is -2.41. The van der Waals surface area contributed by atoms with E-state index in [1.807, 2.05) is 30.5 Å². The molecule has 0 bridgehead atoms. The van der Waals surface area contributed by atoms with Gasteiger partial charge in [-0.05, 0) is 36.1 Å². The van der Waals surface area contributed by atoms with Crippen LogP contribution in [-0.2, 0) is 14.3 Å². The van der Waals surface area contributed by atoms with Gasteiger partial charge in [0, 0.05) is 6.08 Å². The Balaban J connectivity index is 1.87. The fourth-order valence-electron chi connectivity index (χ4n) is 2.17. The van der Waals surface area contributed by atoms with Gasteiger partial charge in [-0.3, -0.25) is 4.79 Å². The van der Waals surface area contributed by atoms with Crippen molar-refractivity contribution in [3.8, 4) is 11.5 Å². The van der Waals surface area contributed by atoms with Gasteiger partial charge in [0.05, 0.1) is 7.11 Å². The van der Waals surface area contributed by atoms with E-state index in [2.05, 4.69) is 5.32 Å². The van der Waals surface area contributed by atoms with Gasteiger partial charge in [-0.2, -0.15) is 11.8 Å². The van der Waals surface area contributed by atoms with Gasteiger partial charge in [0.25, 0.3) is 0 Å². The molecule has 1 amide bonds. The molecule has 0 radical (unpaired) electrons. The van der Waals surface area contributed by atoms with Crippen LogP contribution >= 0.6 is 11.8 Å². The van der Waals surface area contributed by atoms with Gasteiger partial charge in [0.1, 0.15) is 6.04 Å². The van der Waals surface area contributed by atoms with Crippen LogP contribution in [0.5, 0.6) is 11.5 Å². The summed E-state index contributed by atoms with van der Waals surface area (Å²) in [4.78, 5) is 23.6. The van der Waals surface area contributed by atoms with Crippen molar-refractivity contribution < 1.29 is 23.8 Å². The maximum Gasteiger partial charge on any atom is 0.328 e. The monoisotopic (exact) mass is 363 g/mol. The van der Waals surface area contributed by atoms with Crippen LogP contribution in [0, 0.1) is 0 Å². The van der Waals surface area contributed by atoms with Crippen molar-refractivity contribution >= 4 is 29.7 Å². The molecule has 1 aliphatic rings. The molecule has 7 heteroatoms. The van der Waals surface area contributed by atoms with E-state index < -0.39 is 12.0 Å². The molecule has 1 aromatic carbocycles. The SMILES string of the molecule is COC(=O)[C@H](CCSC)NC(=O)/C=C/C=C/c1ccc2c(c1)OCO2. The van der Waals surface area contributed by atoms with Crippen LogP contribution < -0.4 is 14.8 Å². The van der Waals surface area contributed by atoms with Crippen molar-refractivity contribution in [2.75, 3.05) is 25.9 Å². The van der Waals surface area contributed by atoms with Crippen molar-refractivity contribution in [2.24, 2.45) is 0 Å². The summed E-state index contributed by atoms with van der Waals surface area (Å²) >= 11 is 1.61. The molecule has 1 atom stereocenters. The number of fused-ring (bicyclic) bond motifs is 1. The average molecular weight is 363 g/mol. The minimum absolute atomic E-state index is 0.237. The second-order valence-corrected chi connectivity index (χ2v) is 6.18. The third-order valence-electron chi connectivity index (χ3n) is 3.46. The van der Waals surface area contributed by atoms with E-state index in [-0.39, 0.29) is 12.7 Å². The van der Waals surface area contributed by atoms with Gasteiger partial charge in [-0.25, -0.2) is 4.79 Å². The van der Waals surface area contributed by atoms with E-state index in [1.54, 1.807) is 23.9 Å². The molecule has 134 valence electrons. The number of rotatable bonds is 8. The largest absolute Gasteiger partial charge is 0.467 e. The first kappa shape index (κ1) is 18.9. The quantitative estimate of drug-likeness (QED) is 0.434. The molecule has 0 saturated heterocycles. The maximum atomic E-state index is 11.9. The molecule has 0 saturated carbocycles. The average Bonchev–Trinajstić information content (AvgIpc) is 3.09. The van der Waals surface area contributed by atoms with Gasteiger partial charge in [0.2, 0.25) is 12.7 Å². The predicted octanol–water partition coefficient (Wildman–Crippen LogP) is 2.40. The number of carbonyl (C=O) groups is 2. The first-order valence-corrected chi connectivity index (χ1v) is 9.15. The van der Waals surface area contributed by atoms with Gasteiger partial charge >= 0.3 is 5.97 Å². The van der Waals surface area contributed by atoms with Crippen molar-refractivity contribution in [1.82, 2.24) is 5.32 Å². The summed E-state index contributed by atoms with van der Waals surface area (Å²) in [5, 5.41) is 2.65. The molecule has 0 fully saturated rings. The van der Waals surface area contributed by atoms with Crippen LogP contribution in [0.25, 0.3) is 6.08 Å². The van der Waals surface area contributed by atoms with Gasteiger partial charge in [-0.1, -0.05) is 24.3 Å². The van der Waals surface area contributed by atoms with Crippen molar-refractivity contribution in [2.45, 2.75) is 12.5 Å². The topological polar surface area (TPSA) is 73.9 Å². The molecule has 1 heterocycles. The lowest BCUT2D eigenvalue weighted by Gasteiger charge is -2.14. The molecule has 1 aromatic rings. The third-order valence-corrected chi connectivity index (χ3v) is 4.10. The number of esters is 1. The number of amides is 1. The van der Waals surface area contributed by atoms with Gasteiger partial charge in [-0.15, -0.1) is 0 Å². The Morgan fingerprint density at radius 1 is 1.32 bits per heavy atom.